The Hall–Kier alpha value is -3.47. The number of phenols is 1. The third-order valence-corrected chi connectivity index (χ3v) is 7.79. The number of nitrogens with one attached hydrogen (secondary N) is 4. The molecule has 0 aliphatic carbocycles. The Balaban J connectivity index is 1.07. The van der Waals surface area contributed by atoms with Gasteiger partial charge in [-0.15, -0.1) is 0 Å². The first-order valence-corrected chi connectivity index (χ1v) is 13.5. The summed E-state index contributed by atoms with van der Waals surface area (Å²) < 4.78 is 0.519. The Kier molecular flexibility index (Phi) is 7.64. The molecule has 3 aromatic carbocycles. The highest BCUT2D eigenvalue weighted by Gasteiger charge is 2.25. The second kappa shape index (κ2) is 11.1. The smallest absolute Gasteiger partial charge is 0.305 e. The summed E-state index contributed by atoms with van der Waals surface area (Å²) in [7, 11) is 0. The number of rotatable bonds is 11. The first-order chi connectivity index (χ1) is 18.3. The molecular weight excluding hydrogens is 500 g/mol. The number of para-hydroxylation sites is 1. The summed E-state index contributed by atoms with van der Waals surface area (Å²) in [6.45, 7) is 4.14. The first kappa shape index (κ1) is 26.1. The standard InChI is InChI=1S/C29H32N4O4S/c1-18-3-2-4-23-22(17-31-25(18)23)12-13-30-16-20-7-5-19(6-8-20)11-14-32-29(36,37)15-21-9-10-24(34)26-27(21)38-28(35)33-26/h2-10,17,30-32,34,36-37H,11-16H2,1H3,(H,33,35). The van der Waals surface area contributed by atoms with Gasteiger partial charge in [0.1, 0.15) is 11.3 Å². The van der Waals surface area contributed by atoms with Crippen molar-refractivity contribution >= 4 is 32.5 Å². The summed E-state index contributed by atoms with van der Waals surface area (Å²) in [6, 6.07) is 17.7. The van der Waals surface area contributed by atoms with Crippen molar-refractivity contribution in [2.45, 2.75) is 38.6 Å². The molecule has 0 bridgehead atoms. The van der Waals surface area contributed by atoms with Crippen molar-refractivity contribution < 1.29 is 15.3 Å². The highest BCUT2D eigenvalue weighted by atomic mass is 32.1. The van der Waals surface area contributed by atoms with Crippen LogP contribution in [-0.2, 0) is 25.8 Å². The van der Waals surface area contributed by atoms with Gasteiger partial charge in [0, 0.05) is 36.6 Å². The first-order valence-electron chi connectivity index (χ1n) is 12.7. The minimum absolute atomic E-state index is 0.0421. The second-order valence-electron chi connectivity index (χ2n) is 9.69. The van der Waals surface area contributed by atoms with Crippen molar-refractivity contribution in [1.82, 2.24) is 20.6 Å². The molecule has 0 aliphatic heterocycles. The number of aromatic nitrogens is 2. The molecule has 0 atom stereocenters. The van der Waals surface area contributed by atoms with Crippen LogP contribution in [0.2, 0.25) is 0 Å². The van der Waals surface area contributed by atoms with Crippen LogP contribution in [0.25, 0.3) is 21.1 Å². The molecule has 0 radical (unpaired) electrons. The second-order valence-corrected chi connectivity index (χ2v) is 10.7. The largest absolute Gasteiger partial charge is 0.506 e. The van der Waals surface area contributed by atoms with E-state index >= 15 is 0 Å². The minimum atomic E-state index is -2.15. The molecule has 0 saturated carbocycles. The van der Waals surface area contributed by atoms with Gasteiger partial charge < -0.3 is 30.6 Å². The molecule has 0 spiro atoms. The lowest BCUT2D eigenvalue weighted by Gasteiger charge is -2.23. The molecule has 0 unspecified atom stereocenters. The van der Waals surface area contributed by atoms with Crippen LogP contribution in [0, 0.1) is 6.92 Å². The van der Waals surface area contributed by atoms with E-state index in [0.717, 1.165) is 36.4 Å². The number of hydrogen-bond donors (Lipinski definition) is 7. The fourth-order valence-corrected chi connectivity index (χ4v) is 5.67. The molecule has 38 heavy (non-hydrogen) atoms. The van der Waals surface area contributed by atoms with Crippen LogP contribution in [0.4, 0.5) is 0 Å². The number of aromatic hydroxyl groups is 1. The van der Waals surface area contributed by atoms with E-state index in [1.54, 1.807) is 6.07 Å². The van der Waals surface area contributed by atoms with Gasteiger partial charge >= 0.3 is 4.87 Å². The van der Waals surface area contributed by atoms with E-state index in [1.807, 2.05) is 0 Å². The molecule has 9 heteroatoms. The third kappa shape index (κ3) is 5.98. The molecule has 2 aromatic heterocycles. The van der Waals surface area contributed by atoms with Gasteiger partial charge in [-0.05, 0) is 60.2 Å². The zero-order valence-corrected chi connectivity index (χ0v) is 22.0. The van der Waals surface area contributed by atoms with Gasteiger partial charge in [0.15, 0.2) is 0 Å². The summed E-state index contributed by atoms with van der Waals surface area (Å²) >= 11 is 0.935. The Morgan fingerprint density at radius 2 is 1.71 bits per heavy atom. The molecule has 8 nitrogen and oxygen atoms in total. The zero-order chi connectivity index (χ0) is 26.7. The molecule has 198 valence electrons. The molecule has 0 aliphatic rings. The summed E-state index contributed by atoms with van der Waals surface area (Å²) in [5.74, 6) is -2.19. The van der Waals surface area contributed by atoms with Gasteiger partial charge in [-0.3, -0.25) is 10.1 Å². The summed E-state index contributed by atoms with van der Waals surface area (Å²) in [5, 5.41) is 38.5. The number of aryl methyl sites for hydroxylation is 1. The number of benzene rings is 3. The SMILES string of the molecule is Cc1cccc2c(CCNCc3ccc(CCNC(O)(O)Cc4ccc(O)c5[nH]c(=O)sc45)cc3)c[nH]c12. The van der Waals surface area contributed by atoms with Crippen molar-refractivity contribution in [3.05, 3.63) is 98.3 Å². The normalized spacial score (nSPS) is 12.1. The summed E-state index contributed by atoms with van der Waals surface area (Å²) in [5.41, 5.74) is 6.95. The topological polar surface area (TPSA) is 133 Å². The van der Waals surface area contributed by atoms with Crippen LogP contribution >= 0.6 is 11.3 Å². The lowest BCUT2D eigenvalue weighted by atomic mass is 10.1. The number of fused-ring (bicyclic) bond motifs is 2. The fourth-order valence-electron chi connectivity index (χ4n) is 4.80. The van der Waals surface area contributed by atoms with E-state index in [1.165, 1.54) is 33.7 Å². The average Bonchev–Trinajstić information content (AvgIpc) is 3.49. The van der Waals surface area contributed by atoms with E-state index in [2.05, 4.69) is 76.2 Å². The number of phenolic OH excluding ortho intramolecular Hbond substituents is 1. The van der Waals surface area contributed by atoms with Gasteiger partial charge in [0.25, 0.3) is 0 Å². The predicted molar refractivity (Wildman–Crippen MR) is 152 cm³/mol. The minimum Gasteiger partial charge on any atom is -0.506 e. The van der Waals surface area contributed by atoms with Gasteiger partial charge in [-0.2, -0.15) is 0 Å². The number of aliphatic hydroxyl groups is 2. The predicted octanol–water partition coefficient (Wildman–Crippen LogP) is 3.43. The Morgan fingerprint density at radius 3 is 2.53 bits per heavy atom. The number of thiazole rings is 1. The van der Waals surface area contributed by atoms with Crippen LogP contribution in [0.15, 0.2) is 65.6 Å². The van der Waals surface area contributed by atoms with Crippen LogP contribution in [0.5, 0.6) is 5.75 Å². The summed E-state index contributed by atoms with van der Waals surface area (Å²) in [6.07, 6.45) is 3.55. The molecule has 5 rings (SSSR count). The van der Waals surface area contributed by atoms with Crippen molar-refractivity contribution in [2.75, 3.05) is 13.1 Å². The highest BCUT2D eigenvalue weighted by Crippen LogP contribution is 2.29. The molecule has 5 aromatic rings. The molecular formula is C29H32N4O4S. The maximum Gasteiger partial charge on any atom is 0.305 e. The quantitative estimate of drug-likeness (QED) is 0.103. The molecule has 0 amide bonds. The van der Waals surface area contributed by atoms with Crippen LogP contribution in [0.3, 0.4) is 0 Å². The van der Waals surface area contributed by atoms with Gasteiger partial charge in [0.05, 0.1) is 4.70 Å². The van der Waals surface area contributed by atoms with Gasteiger partial charge in [-0.25, -0.2) is 0 Å². The number of aromatic amines is 2. The van der Waals surface area contributed by atoms with Crippen molar-refractivity contribution in [3.8, 4) is 5.75 Å². The molecule has 0 saturated heterocycles. The third-order valence-electron chi connectivity index (χ3n) is 6.83. The van der Waals surface area contributed by atoms with Gasteiger partial charge in [0.2, 0.25) is 5.91 Å². The molecule has 0 fully saturated rings. The van der Waals surface area contributed by atoms with Crippen molar-refractivity contribution in [1.29, 1.82) is 0 Å². The number of H-pyrrole nitrogens is 2. The summed E-state index contributed by atoms with van der Waals surface area (Å²) in [4.78, 5) is 17.3. The van der Waals surface area contributed by atoms with E-state index in [0.29, 0.717) is 28.7 Å². The Bertz CT molecular complexity index is 1600. The monoisotopic (exact) mass is 532 g/mol. The van der Waals surface area contributed by atoms with E-state index in [-0.39, 0.29) is 17.0 Å². The number of hydrogen-bond acceptors (Lipinski definition) is 7. The van der Waals surface area contributed by atoms with Crippen LogP contribution < -0.4 is 15.5 Å². The highest BCUT2D eigenvalue weighted by molar-refractivity contribution is 7.16. The lowest BCUT2D eigenvalue weighted by molar-refractivity contribution is -0.183. The van der Waals surface area contributed by atoms with Crippen LogP contribution in [0.1, 0.15) is 27.8 Å². The fraction of sp³-hybridized carbons (Fsp3) is 0.276. The van der Waals surface area contributed by atoms with E-state index in [9.17, 15) is 20.1 Å². The van der Waals surface area contributed by atoms with Crippen molar-refractivity contribution in [2.24, 2.45) is 0 Å². The maximum absolute atomic E-state index is 11.7. The van der Waals surface area contributed by atoms with Gasteiger partial charge in [-0.1, -0.05) is 59.9 Å². The zero-order valence-electron chi connectivity index (χ0n) is 21.2. The van der Waals surface area contributed by atoms with Crippen LogP contribution in [-0.4, -0.2) is 44.3 Å². The van der Waals surface area contributed by atoms with E-state index in [4.69, 9.17) is 0 Å². The average molecular weight is 533 g/mol. The van der Waals surface area contributed by atoms with E-state index < -0.39 is 5.91 Å². The molecule has 2 heterocycles. The Labute approximate surface area is 224 Å². The Morgan fingerprint density at radius 1 is 0.921 bits per heavy atom. The molecule has 7 N–H and O–H groups in total. The maximum atomic E-state index is 11.7. The van der Waals surface area contributed by atoms with Crippen molar-refractivity contribution in [3.63, 3.8) is 0 Å². The lowest BCUT2D eigenvalue weighted by Crippen LogP contribution is -2.47.